The summed E-state index contributed by atoms with van der Waals surface area (Å²) in [5, 5.41) is 11.0. The lowest BCUT2D eigenvalue weighted by Crippen LogP contribution is -2.64. The molecule has 1 aromatic carbocycles. The Kier molecular flexibility index (Phi) is 2.81. The van der Waals surface area contributed by atoms with Gasteiger partial charge in [0.2, 0.25) is 0 Å². The molecule has 1 heterocycles. The zero-order valence-corrected chi connectivity index (χ0v) is 11.2. The lowest BCUT2D eigenvalue weighted by atomic mass is 9.88. The minimum Gasteiger partial charge on any atom is -0.386 e. The second kappa shape index (κ2) is 4.12. The standard InChI is InChI=1S/C13H13Cl2NO2/c14-10-4-1-8(5-11(10)15)12(17)16-6-13(18,7-16)9-2-3-9/h1,4-5,9,18H,2-3,6-7H2. The van der Waals surface area contributed by atoms with E-state index in [1.807, 2.05) is 0 Å². The van der Waals surface area contributed by atoms with Gasteiger partial charge in [-0.15, -0.1) is 0 Å². The molecule has 0 spiro atoms. The van der Waals surface area contributed by atoms with Crippen LogP contribution in [0.5, 0.6) is 0 Å². The number of carbonyl (C=O) groups excluding carboxylic acids is 1. The Hall–Kier alpha value is -0.770. The molecule has 1 N–H and O–H groups in total. The summed E-state index contributed by atoms with van der Waals surface area (Å²) in [5.74, 6) is 0.286. The SMILES string of the molecule is O=C(c1ccc(Cl)c(Cl)c1)N1CC(O)(C2CC2)C1. The van der Waals surface area contributed by atoms with Gasteiger partial charge in [-0.1, -0.05) is 23.2 Å². The van der Waals surface area contributed by atoms with Gasteiger partial charge in [0.05, 0.1) is 23.1 Å². The zero-order valence-electron chi connectivity index (χ0n) is 9.70. The molecule has 1 saturated carbocycles. The molecule has 1 aliphatic heterocycles. The minimum absolute atomic E-state index is 0.0982. The van der Waals surface area contributed by atoms with Gasteiger partial charge in [-0.05, 0) is 37.0 Å². The largest absolute Gasteiger partial charge is 0.386 e. The van der Waals surface area contributed by atoms with Gasteiger partial charge in [-0.3, -0.25) is 4.79 Å². The van der Waals surface area contributed by atoms with Crippen LogP contribution >= 0.6 is 23.2 Å². The molecule has 0 radical (unpaired) electrons. The van der Waals surface area contributed by atoms with Gasteiger partial charge in [-0.25, -0.2) is 0 Å². The van der Waals surface area contributed by atoms with Crippen LogP contribution in [-0.4, -0.2) is 34.6 Å². The van der Waals surface area contributed by atoms with Gasteiger partial charge in [0, 0.05) is 5.56 Å². The van der Waals surface area contributed by atoms with Crippen molar-refractivity contribution in [2.45, 2.75) is 18.4 Å². The Labute approximate surface area is 115 Å². The summed E-state index contributed by atoms with van der Waals surface area (Å²) >= 11 is 11.7. The molecule has 0 aromatic heterocycles. The van der Waals surface area contributed by atoms with Crippen molar-refractivity contribution in [2.75, 3.05) is 13.1 Å². The average Bonchev–Trinajstić information content (AvgIpc) is 3.12. The first-order valence-electron chi connectivity index (χ1n) is 5.96. The summed E-state index contributed by atoms with van der Waals surface area (Å²) in [7, 11) is 0. The van der Waals surface area contributed by atoms with Crippen LogP contribution in [0.2, 0.25) is 10.0 Å². The molecule has 0 bridgehead atoms. The molecule has 96 valence electrons. The van der Waals surface area contributed by atoms with Crippen molar-refractivity contribution in [2.24, 2.45) is 5.92 Å². The fourth-order valence-corrected chi connectivity index (χ4v) is 2.75. The number of β-amino-alcohol motifs (C(OH)–C–C–N with tert-alkyl or cyclic N) is 1. The third-order valence-corrected chi connectivity index (χ3v) is 4.46. The maximum Gasteiger partial charge on any atom is 0.254 e. The summed E-state index contributed by atoms with van der Waals surface area (Å²) in [6.07, 6.45) is 2.15. The van der Waals surface area contributed by atoms with E-state index in [0.717, 1.165) is 12.8 Å². The van der Waals surface area contributed by atoms with Gasteiger partial charge in [0.25, 0.3) is 5.91 Å². The fourth-order valence-electron chi connectivity index (χ4n) is 2.45. The highest BCUT2D eigenvalue weighted by molar-refractivity contribution is 6.42. The zero-order chi connectivity index (χ0) is 12.9. The molecule has 1 amide bonds. The number of halogens is 2. The van der Waals surface area contributed by atoms with Crippen LogP contribution in [0.4, 0.5) is 0 Å². The molecule has 0 atom stereocenters. The van der Waals surface area contributed by atoms with Crippen LogP contribution < -0.4 is 0 Å². The first-order valence-corrected chi connectivity index (χ1v) is 6.72. The molecule has 1 aliphatic carbocycles. The van der Waals surface area contributed by atoms with E-state index in [-0.39, 0.29) is 5.91 Å². The number of aliphatic hydroxyl groups is 1. The summed E-state index contributed by atoms with van der Waals surface area (Å²) in [6, 6.07) is 4.84. The van der Waals surface area contributed by atoms with Gasteiger partial charge in [0.15, 0.2) is 0 Å². The van der Waals surface area contributed by atoms with Crippen molar-refractivity contribution in [1.82, 2.24) is 4.90 Å². The first kappa shape index (κ1) is 12.3. The third kappa shape index (κ3) is 2.00. The van der Waals surface area contributed by atoms with E-state index in [9.17, 15) is 9.90 Å². The van der Waals surface area contributed by atoms with E-state index in [0.29, 0.717) is 34.6 Å². The predicted octanol–water partition coefficient (Wildman–Crippen LogP) is 2.59. The molecule has 2 fully saturated rings. The highest BCUT2D eigenvalue weighted by Gasteiger charge is 2.53. The normalized spacial score (nSPS) is 21.6. The number of likely N-dealkylation sites (tertiary alicyclic amines) is 1. The molecular formula is C13H13Cl2NO2. The molecule has 1 saturated heterocycles. The number of hydrogen-bond donors (Lipinski definition) is 1. The van der Waals surface area contributed by atoms with Crippen molar-refractivity contribution in [3.8, 4) is 0 Å². The first-order chi connectivity index (χ1) is 8.49. The fraction of sp³-hybridized carbons (Fsp3) is 0.462. The maximum absolute atomic E-state index is 12.1. The number of amides is 1. The van der Waals surface area contributed by atoms with Crippen LogP contribution in [0.25, 0.3) is 0 Å². The Balaban J connectivity index is 1.70. The molecule has 0 unspecified atom stereocenters. The van der Waals surface area contributed by atoms with Crippen molar-refractivity contribution in [1.29, 1.82) is 0 Å². The number of nitrogens with zero attached hydrogens (tertiary/aromatic N) is 1. The van der Waals surface area contributed by atoms with E-state index in [2.05, 4.69) is 0 Å². The quantitative estimate of drug-likeness (QED) is 0.907. The van der Waals surface area contributed by atoms with Crippen LogP contribution in [-0.2, 0) is 0 Å². The molecule has 1 aromatic rings. The Morgan fingerprint density at radius 1 is 1.28 bits per heavy atom. The summed E-state index contributed by atoms with van der Waals surface area (Å²) in [4.78, 5) is 13.8. The second-order valence-electron chi connectivity index (χ2n) is 5.17. The van der Waals surface area contributed by atoms with E-state index in [1.54, 1.807) is 23.1 Å². The third-order valence-electron chi connectivity index (χ3n) is 3.72. The predicted molar refractivity (Wildman–Crippen MR) is 70.0 cm³/mol. The lowest BCUT2D eigenvalue weighted by Gasteiger charge is -2.47. The van der Waals surface area contributed by atoms with Crippen molar-refractivity contribution in [3.05, 3.63) is 33.8 Å². The van der Waals surface area contributed by atoms with Crippen LogP contribution in [0.15, 0.2) is 18.2 Å². The second-order valence-corrected chi connectivity index (χ2v) is 5.98. The average molecular weight is 286 g/mol. The Morgan fingerprint density at radius 2 is 1.94 bits per heavy atom. The number of hydrogen-bond acceptors (Lipinski definition) is 2. The lowest BCUT2D eigenvalue weighted by molar-refractivity contribution is -0.0958. The molecule has 3 rings (SSSR count). The molecule has 18 heavy (non-hydrogen) atoms. The highest BCUT2D eigenvalue weighted by Crippen LogP contribution is 2.44. The number of benzene rings is 1. The Morgan fingerprint density at radius 3 is 2.50 bits per heavy atom. The van der Waals surface area contributed by atoms with E-state index >= 15 is 0 Å². The van der Waals surface area contributed by atoms with Crippen molar-refractivity contribution in [3.63, 3.8) is 0 Å². The smallest absolute Gasteiger partial charge is 0.254 e. The summed E-state index contributed by atoms with van der Waals surface area (Å²) in [5.41, 5.74) is -0.131. The molecular weight excluding hydrogens is 273 g/mol. The van der Waals surface area contributed by atoms with Crippen molar-refractivity contribution >= 4 is 29.1 Å². The van der Waals surface area contributed by atoms with E-state index in [1.165, 1.54) is 0 Å². The van der Waals surface area contributed by atoms with Crippen LogP contribution in [0.3, 0.4) is 0 Å². The van der Waals surface area contributed by atoms with Gasteiger partial charge in [-0.2, -0.15) is 0 Å². The molecule has 5 heteroatoms. The monoisotopic (exact) mass is 285 g/mol. The van der Waals surface area contributed by atoms with Crippen molar-refractivity contribution < 1.29 is 9.90 Å². The van der Waals surface area contributed by atoms with E-state index in [4.69, 9.17) is 23.2 Å². The van der Waals surface area contributed by atoms with E-state index < -0.39 is 5.60 Å². The van der Waals surface area contributed by atoms with Gasteiger partial charge in [0.1, 0.15) is 5.60 Å². The summed E-state index contributed by atoms with van der Waals surface area (Å²) in [6.45, 7) is 0.855. The molecule has 2 aliphatic rings. The topological polar surface area (TPSA) is 40.5 Å². The highest BCUT2D eigenvalue weighted by atomic mass is 35.5. The van der Waals surface area contributed by atoms with Crippen LogP contribution in [0.1, 0.15) is 23.2 Å². The summed E-state index contributed by atoms with van der Waals surface area (Å²) < 4.78 is 0. The molecule has 3 nitrogen and oxygen atoms in total. The number of rotatable bonds is 2. The van der Waals surface area contributed by atoms with Gasteiger partial charge < -0.3 is 10.0 Å². The Bertz CT molecular complexity index is 508. The minimum atomic E-state index is -0.647. The van der Waals surface area contributed by atoms with Crippen LogP contribution in [0, 0.1) is 5.92 Å². The van der Waals surface area contributed by atoms with Gasteiger partial charge >= 0.3 is 0 Å². The maximum atomic E-state index is 12.1. The number of carbonyl (C=O) groups is 1.